The van der Waals surface area contributed by atoms with Crippen molar-refractivity contribution in [2.45, 2.75) is 20.8 Å². The van der Waals surface area contributed by atoms with Crippen LogP contribution in [-0.4, -0.2) is 28.1 Å². The Morgan fingerprint density at radius 1 is 0.460 bits per heavy atom. The van der Waals surface area contributed by atoms with Crippen LogP contribution in [0.3, 0.4) is 0 Å². The minimum absolute atomic E-state index is 0. The van der Waals surface area contributed by atoms with Crippen LogP contribution in [-0.2, 0) is 55.3 Å². The van der Waals surface area contributed by atoms with Gasteiger partial charge >= 0.3 is 0 Å². The van der Waals surface area contributed by atoms with Crippen LogP contribution < -0.4 is 16.7 Å². The number of nitrogens with zero attached hydrogens (tertiary/aromatic N) is 6. The van der Waals surface area contributed by atoms with E-state index >= 15 is 0 Å². The summed E-state index contributed by atoms with van der Waals surface area (Å²) in [6.07, 6.45) is 0. The van der Waals surface area contributed by atoms with E-state index in [2.05, 4.69) is 0 Å². The number of halogens is 6. The Hall–Kier alpha value is -2.53. The molecule has 9 nitrogen and oxygen atoms in total. The van der Waals surface area contributed by atoms with E-state index in [0.717, 1.165) is 22.8 Å². The predicted molar refractivity (Wildman–Crippen MR) is 197 cm³/mol. The van der Waals surface area contributed by atoms with E-state index < -0.39 is 5.56 Å². The average Bonchev–Trinajstić information content (AvgIpc) is 3.57. The van der Waals surface area contributed by atoms with Crippen LogP contribution in [0.5, 0.6) is 0 Å². The van der Waals surface area contributed by atoms with Crippen LogP contribution in [0.25, 0.3) is 17.1 Å². The molecule has 0 atom stereocenters. The summed E-state index contributed by atoms with van der Waals surface area (Å²) in [6, 6.07) is 22.5. The van der Waals surface area contributed by atoms with Crippen molar-refractivity contribution < 1.29 is 34.1 Å². The zero-order chi connectivity index (χ0) is 35.6. The van der Waals surface area contributed by atoms with E-state index in [0.29, 0.717) is 5.69 Å². The molecule has 0 N–H and O–H groups in total. The Labute approximate surface area is 339 Å². The van der Waals surface area contributed by atoms with Crippen LogP contribution in [0, 0.1) is 20.8 Å². The maximum absolute atomic E-state index is 12.2. The summed E-state index contributed by atoms with van der Waals surface area (Å²) >= 11 is 36.1. The number of aromatic nitrogens is 6. The molecule has 268 valence electrons. The minimum Gasteiger partial charge on any atom is -0.285 e. The first kappa shape index (κ1) is 43.6. The molecule has 0 bridgehead atoms. The minimum atomic E-state index is -0.482. The molecule has 0 aliphatic carbocycles. The normalized spacial score (nSPS) is 10.3. The molecule has 0 unspecified atom stereocenters. The van der Waals surface area contributed by atoms with E-state index in [1.165, 1.54) is 9.36 Å². The molecule has 0 saturated carbocycles. The number of hydrogen-bond acceptors (Lipinski definition) is 3. The molecule has 0 saturated heterocycles. The Kier molecular flexibility index (Phi) is 16.0. The van der Waals surface area contributed by atoms with Crippen molar-refractivity contribution in [1.29, 1.82) is 0 Å². The van der Waals surface area contributed by atoms with Crippen molar-refractivity contribution >= 4 is 69.6 Å². The second kappa shape index (κ2) is 18.3. The van der Waals surface area contributed by atoms with Crippen molar-refractivity contribution in [3.63, 3.8) is 0 Å². The van der Waals surface area contributed by atoms with E-state index in [1.54, 1.807) is 35.5 Å². The molecular formula is C33H30Cl6Fe2N6O3. The van der Waals surface area contributed by atoms with Crippen LogP contribution in [0.2, 0.25) is 30.1 Å². The van der Waals surface area contributed by atoms with E-state index in [1.807, 2.05) is 98.0 Å². The zero-order valence-electron chi connectivity index (χ0n) is 27.3. The number of para-hydroxylation sites is 2. The molecule has 3 aromatic heterocycles. The van der Waals surface area contributed by atoms with Gasteiger partial charge in [0, 0.05) is 78.8 Å². The summed E-state index contributed by atoms with van der Waals surface area (Å²) in [5.41, 5.74) is 3.93. The van der Waals surface area contributed by atoms with Gasteiger partial charge in [-0.1, -0.05) is 106 Å². The third-order valence-corrected chi connectivity index (χ3v) is 10.3. The first-order valence-corrected chi connectivity index (χ1v) is 16.4. The molecule has 0 aliphatic rings. The second-order valence-electron chi connectivity index (χ2n) is 10.5. The number of aryl methyl sites for hydroxylation is 2. The molecule has 50 heavy (non-hydrogen) atoms. The van der Waals surface area contributed by atoms with Gasteiger partial charge in [0.1, 0.15) is 10.7 Å². The first-order valence-electron chi connectivity index (χ1n) is 14.2. The third kappa shape index (κ3) is 8.73. The molecule has 3 aromatic carbocycles. The van der Waals surface area contributed by atoms with Crippen LogP contribution in [0.4, 0.5) is 0 Å². The van der Waals surface area contributed by atoms with Gasteiger partial charge in [-0.2, -0.15) is 0 Å². The Morgan fingerprint density at radius 3 is 1.08 bits per heavy atom. The van der Waals surface area contributed by atoms with Gasteiger partial charge in [-0.05, 0) is 45.0 Å². The molecule has 0 aliphatic heterocycles. The summed E-state index contributed by atoms with van der Waals surface area (Å²) in [6.45, 7) is 5.52. The van der Waals surface area contributed by atoms with Crippen molar-refractivity contribution in [3.05, 3.63) is 151 Å². The Morgan fingerprint density at radius 2 is 0.800 bits per heavy atom. The molecule has 6 rings (SSSR count). The van der Waals surface area contributed by atoms with Crippen molar-refractivity contribution in [2.75, 3.05) is 0 Å². The van der Waals surface area contributed by atoms with E-state index in [4.69, 9.17) is 69.6 Å². The molecule has 3 heterocycles. The maximum atomic E-state index is 12.2. The van der Waals surface area contributed by atoms with Gasteiger partial charge in [0.05, 0.1) is 42.2 Å². The fourth-order valence-corrected chi connectivity index (χ4v) is 6.21. The standard InChI is InChI=1S/C11H6Cl6N2O.2C11H12N2O.2Fe/c1-3-4(12)11(20)19(18(3)2)10-8(16)6(14)5(13)7(15)9(10)17;2*1-9-8-11(14)13(12(9)2)10-6-4-3-5-7-10;;/h1-2H3;2*3-8H,1-2H3;;. The van der Waals surface area contributed by atoms with E-state index in [9.17, 15) is 14.4 Å². The van der Waals surface area contributed by atoms with Crippen LogP contribution in [0.1, 0.15) is 17.1 Å². The summed E-state index contributed by atoms with van der Waals surface area (Å²) in [5, 5.41) is 0.147. The number of rotatable bonds is 3. The van der Waals surface area contributed by atoms with Gasteiger partial charge in [-0.15, -0.1) is 0 Å². The summed E-state index contributed by atoms with van der Waals surface area (Å²) in [7, 11) is 5.39. The summed E-state index contributed by atoms with van der Waals surface area (Å²) < 4.78 is 9.68. The van der Waals surface area contributed by atoms with E-state index in [-0.39, 0.29) is 81.1 Å². The molecule has 0 spiro atoms. The van der Waals surface area contributed by atoms with Gasteiger partial charge in [-0.25, -0.2) is 14.0 Å². The number of benzene rings is 3. The van der Waals surface area contributed by atoms with Crippen molar-refractivity contribution in [3.8, 4) is 17.1 Å². The zero-order valence-corrected chi connectivity index (χ0v) is 34.1. The van der Waals surface area contributed by atoms with Crippen LogP contribution in [0.15, 0.2) is 87.2 Å². The fourth-order valence-electron chi connectivity index (χ4n) is 4.72. The van der Waals surface area contributed by atoms with Gasteiger partial charge < -0.3 is 0 Å². The smallest absolute Gasteiger partial charge is 0.285 e. The topological polar surface area (TPSA) is 80.8 Å². The van der Waals surface area contributed by atoms with Crippen molar-refractivity contribution in [1.82, 2.24) is 28.1 Å². The second-order valence-corrected chi connectivity index (χ2v) is 12.8. The van der Waals surface area contributed by atoms with Gasteiger partial charge in [-0.3, -0.25) is 28.4 Å². The molecule has 6 aromatic rings. The summed E-state index contributed by atoms with van der Waals surface area (Å²) in [5.74, 6) is 0. The average molecular weight is 883 g/mol. The molecular weight excluding hydrogens is 853 g/mol. The van der Waals surface area contributed by atoms with Gasteiger partial charge in [0.25, 0.3) is 16.7 Å². The predicted octanol–water partition coefficient (Wildman–Crippen LogP) is 8.37. The molecule has 0 fully saturated rings. The molecule has 0 radical (unpaired) electrons. The number of hydrogen-bond donors (Lipinski definition) is 0. The first-order chi connectivity index (χ1) is 22.6. The third-order valence-electron chi connectivity index (χ3n) is 7.59. The SMILES string of the molecule is Cc1c(Cl)c(=O)n(-c2c(Cl)c(Cl)c(Cl)c(Cl)c2Cl)n1C.Cc1cc(=O)n(-c2ccccc2)n1C.Cc1cc(=O)n(-c2ccccc2)n1C.[Fe].[Fe]. The Bertz CT molecular complexity index is 2170. The quantitative estimate of drug-likeness (QED) is 0.102. The van der Waals surface area contributed by atoms with Crippen molar-refractivity contribution in [2.24, 2.45) is 21.1 Å². The molecule has 0 amide bonds. The molecule has 17 heteroatoms. The Balaban J connectivity index is 0.000000261. The van der Waals surface area contributed by atoms with Gasteiger partial charge in [0.15, 0.2) is 0 Å². The van der Waals surface area contributed by atoms with Gasteiger partial charge in [0.2, 0.25) is 0 Å². The monoisotopic (exact) mass is 880 g/mol. The fraction of sp³-hybridized carbons (Fsp3) is 0.182. The largest absolute Gasteiger partial charge is 0.290 e. The summed E-state index contributed by atoms with van der Waals surface area (Å²) in [4.78, 5) is 35.4. The van der Waals surface area contributed by atoms with Crippen LogP contribution >= 0.6 is 69.6 Å². The maximum Gasteiger partial charge on any atom is 0.290 e.